The van der Waals surface area contributed by atoms with Gasteiger partial charge in [0.25, 0.3) is 0 Å². The van der Waals surface area contributed by atoms with Gasteiger partial charge in [0.05, 0.1) is 14.2 Å². The highest BCUT2D eigenvalue weighted by Gasteiger charge is 2.37. The van der Waals surface area contributed by atoms with Crippen LogP contribution in [0.2, 0.25) is 0 Å². The molecule has 0 radical (unpaired) electrons. The minimum Gasteiger partial charge on any atom is -0.497 e. The summed E-state index contributed by atoms with van der Waals surface area (Å²) in [5, 5.41) is 2.75. The Hall–Kier alpha value is -1.91. The monoisotopic (exact) mass is 278 g/mol. The zero-order valence-electron chi connectivity index (χ0n) is 12.5. The first kappa shape index (κ1) is 14.5. The van der Waals surface area contributed by atoms with Crippen molar-refractivity contribution in [3.05, 3.63) is 23.8 Å². The molecule has 1 aromatic carbocycles. The van der Waals surface area contributed by atoms with E-state index in [0.717, 1.165) is 18.7 Å². The Morgan fingerprint density at radius 3 is 2.85 bits per heavy atom. The van der Waals surface area contributed by atoms with Crippen LogP contribution in [-0.4, -0.2) is 40.5 Å². The number of amides is 1. The normalized spacial score (nSPS) is 20.5. The second-order valence-electron chi connectivity index (χ2n) is 5.47. The fourth-order valence-corrected chi connectivity index (χ4v) is 2.88. The molecule has 0 saturated heterocycles. The van der Waals surface area contributed by atoms with Gasteiger partial charge in [-0.1, -0.05) is 6.92 Å². The maximum absolute atomic E-state index is 11.1. The third-order valence-electron chi connectivity index (χ3n) is 3.98. The van der Waals surface area contributed by atoms with Crippen LogP contribution in [0, 0.1) is 0 Å². The van der Waals surface area contributed by atoms with Gasteiger partial charge in [0.1, 0.15) is 5.75 Å². The van der Waals surface area contributed by atoms with Gasteiger partial charge in [-0.05, 0) is 30.2 Å². The van der Waals surface area contributed by atoms with E-state index >= 15 is 0 Å². The first-order chi connectivity index (χ1) is 9.50. The van der Waals surface area contributed by atoms with Crippen molar-refractivity contribution in [1.29, 1.82) is 0 Å². The second-order valence-corrected chi connectivity index (χ2v) is 5.47. The summed E-state index contributed by atoms with van der Waals surface area (Å²) in [7, 11) is 5.14. The Balaban J connectivity index is 2.15. The van der Waals surface area contributed by atoms with Crippen LogP contribution in [0.15, 0.2) is 18.2 Å². The van der Waals surface area contributed by atoms with E-state index in [1.807, 2.05) is 6.07 Å². The average molecular weight is 278 g/mol. The van der Waals surface area contributed by atoms with E-state index in [9.17, 15) is 4.79 Å². The van der Waals surface area contributed by atoms with Crippen LogP contribution >= 0.6 is 0 Å². The molecule has 5 nitrogen and oxygen atoms in total. The number of carbonyl (C=O) groups excluding carboxylic acids is 1. The van der Waals surface area contributed by atoms with Crippen molar-refractivity contribution in [2.75, 3.05) is 39.3 Å². The maximum atomic E-state index is 11.1. The average Bonchev–Trinajstić information content (AvgIpc) is 2.70. The van der Waals surface area contributed by atoms with Gasteiger partial charge in [0.2, 0.25) is 0 Å². The number of nitrogens with zero attached hydrogens (tertiary/aromatic N) is 1. The van der Waals surface area contributed by atoms with Gasteiger partial charge in [-0.3, -0.25) is 0 Å². The number of ether oxygens (including phenoxy) is 2. The quantitative estimate of drug-likeness (QED) is 0.917. The second kappa shape index (κ2) is 5.61. The van der Waals surface area contributed by atoms with Crippen molar-refractivity contribution in [2.45, 2.75) is 18.8 Å². The summed E-state index contributed by atoms with van der Waals surface area (Å²) in [4.78, 5) is 13.4. The number of alkyl carbamates (subject to hydrolysis) is 1. The van der Waals surface area contributed by atoms with Gasteiger partial charge in [0.15, 0.2) is 0 Å². The number of anilines is 1. The fraction of sp³-hybridized carbons (Fsp3) is 0.533. The van der Waals surface area contributed by atoms with Crippen LogP contribution in [0.3, 0.4) is 0 Å². The zero-order chi connectivity index (χ0) is 14.8. The Bertz CT molecular complexity index is 504. The van der Waals surface area contributed by atoms with E-state index < -0.39 is 0 Å². The summed E-state index contributed by atoms with van der Waals surface area (Å²) in [6.07, 6.45) is 0.470. The van der Waals surface area contributed by atoms with E-state index in [1.54, 1.807) is 7.11 Å². The zero-order valence-corrected chi connectivity index (χ0v) is 12.5. The lowest BCUT2D eigenvalue weighted by atomic mass is 9.81. The van der Waals surface area contributed by atoms with E-state index in [2.05, 4.69) is 41.1 Å². The summed E-state index contributed by atoms with van der Waals surface area (Å²) in [5.74, 6) is 0.867. The molecule has 0 saturated carbocycles. The molecule has 2 rings (SSSR count). The minimum absolute atomic E-state index is 0.000352. The maximum Gasteiger partial charge on any atom is 0.406 e. The number of hydrogen-bond acceptors (Lipinski definition) is 4. The highest BCUT2D eigenvalue weighted by atomic mass is 16.5. The third-order valence-corrected chi connectivity index (χ3v) is 3.98. The number of hydrogen-bond donors (Lipinski definition) is 1. The summed E-state index contributed by atoms with van der Waals surface area (Å²) in [6, 6.07) is 6.16. The SMILES string of the molecule is COC(=O)NCCC1(C)CN(C)c2ccc(OC)cc21. The van der Waals surface area contributed by atoms with E-state index in [4.69, 9.17) is 4.74 Å². The molecule has 0 aromatic heterocycles. The smallest absolute Gasteiger partial charge is 0.406 e. The standard InChI is InChI=1S/C15H22N2O3/c1-15(7-8-16-14(18)20-4)10-17(2)13-6-5-11(19-3)9-12(13)15/h5-6,9H,7-8,10H2,1-4H3,(H,16,18). The molecule has 0 bridgehead atoms. The van der Waals surface area contributed by atoms with Gasteiger partial charge in [-0.2, -0.15) is 0 Å². The van der Waals surface area contributed by atoms with Crippen molar-refractivity contribution in [1.82, 2.24) is 5.32 Å². The number of likely N-dealkylation sites (N-methyl/N-ethyl adjacent to an activating group) is 1. The highest BCUT2D eigenvalue weighted by Crippen LogP contribution is 2.43. The highest BCUT2D eigenvalue weighted by molar-refractivity contribution is 5.67. The van der Waals surface area contributed by atoms with Crippen molar-refractivity contribution < 1.29 is 14.3 Å². The number of methoxy groups -OCH3 is 2. The van der Waals surface area contributed by atoms with Gasteiger partial charge < -0.3 is 19.7 Å². The molecule has 0 fully saturated rings. The van der Waals surface area contributed by atoms with E-state index in [0.29, 0.717) is 6.54 Å². The molecule has 1 atom stereocenters. The molecule has 1 N–H and O–H groups in total. The Labute approximate surface area is 119 Å². The van der Waals surface area contributed by atoms with Crippen LogP contribution in [0.25, 0.3) is 0 Å². The number of benzene rings is 1. The molecule has 1 aliphatic heterocycles. The molecule has 110 valence electrons. The van der Waals surface area contributed by atoms with Gasteiger partial charge >= 0.3 is 6.09 Å². The van der Waals surface area contributed by atoms with Gasteiger partial charge in [-0.15, -0.1) is 0 Å². The van der Waals surface area contributed by atoms with Crippen molar-refractivity contribution in [2.24, 2.45) is 0 Å². The molecule has 5 heteroatoms. The van der Waals surface area contributed by atoms with Crippen molar-refractivity contribution in [3.63, 3.8) is 0 Å². The van der Waals surface area contributed by atoms with Crippen LogP contribution in [0.4, 0.5) is 10.5 Å². The van der Waals surface area contributed by atoms with E-state index in [1.165, 1.54) is 18.4 Å². The summed E-state index contributed by atoms with van der Waals surface area (Å²) < 4.78 is 9.91. The fourth-order valence-electron chi connectivity index (χ4n) is 2.88. The van der Waals surface area contributed by atoms with Crippen molar-refractivity contribution in [3.8, 4) is 5.75 Å². The number of fused-ring (bicyclic) bond motifs is 1. The first-order valence-electron chi connectivity index (χ1n) is 6.71. The predicted molar refractivity (Wildman–Crippen MR) is 78.6 cm³/mol. The van der Waals surface area contributed by atoms with Crippen LogP contribution in [0.1, 0.15) is 18.9 Å². The molecular weight excluding hydrogens is 256 g/mol. The molecule has 0 spiro atoms. The summed E-state index contributed by atoms with van der Waals surface area (Å²) in [6.45, 7) is 3.74. The molecule has 1 unspecified atom stereocenters. The number of rotatable bonds is 4. The van der Waals surface area contributed by atoms with Crippen molar-refractivity contribution >= 4 is 11.8 Å². The Kier molecular flexibility index (Phi) is 4.06. The van der Waals surface area contributed by atoms with Crippen LogP contribution in [-0.2, 0) is 10.2 Å². The van der Waals surface area contributed by atoms with E-state index in [-0.39, 0.29) is 11.5 Å². The third kappa shape index (κ3) is 2.66. The molecule has 1 aromatic rings. The molecule has 0 aliphatic carbocycles. The van der Waals surface area contributed by atoms with Gasteiger partial charge in [0, 0.05) is 31.2 Å². The molecule has 1 amide bonds. The van der Waals surface area contributed by atoms with Crippen LogP contribution < -0.4 is 15.0 Å². The minimum atomic E-state index is -0.384. The predicted octanol–water partition coefficient (Wildman–Crippen LogP) is 2.15. The number of carbonyl (C=O) groups is 1. The lowest BCUT2D eigenvalue weighted by Gasteiger charge is -2.25. The Morgan fingerprint density at radius 2 is 2.20 bits per heavy atom. The summed E-state index contributed by atoms with van der Waals surface area (Å²) in [5.41, 5.74) is 2.50. The lowest BCUT2D eigenvalue weighted by molar-refractivity contribution is 0.170. The lowest BCUT2D eigenvalue weighted by Crippen LogP contribution is -2.34. The van der Waals surface area contributed by atoms with Gasteiger partial charge in [-0.25, -0.2) is 4.79 Å². The topological polar surface area (TPSA) is 50.8 Å². The molecule has 20 heavy (non-hydrogen) atoms. The number of nitrogens with one attached hydrogen (secondary N) is 1. The van der Waals surface area contributed by atoms with Crippen LogP contribution in [0.5, 0.6) is 5.75 Å². The molecule has 1 heterocycles. The summed E-state index contributed by atoms with van der Waals surface area (Å²) >= 11 is 0. The first-order valence-corrected chi connectivity index (χ1v) is 6.71. The molecular formula is C15H22N2O3. The Morgan fingerprint density at radius 1 is 1.45 bits per heavy atom. The molecule has 1 aliphatic rings. The largest absolute Gasteiger partial charge is 0.497 e.